The van der Waals surface area contributed by atoms with Crippen molar-refractivity contribution < 1.29 is 13.2 Å². The van der Waals surface area contributed by atoms with Gasteiger partial charge in [-0.3, -0.25) is 0 Å². The fraction of sp³-hybridized carbons (Fsp3) is 0.0645. The van der Waals surface area contributed by atoms with E-state index in [9.17, 15) is 13.2 Å². The molecular weight excluding hydrogens is 844 g/mol. The van der Waals surface area contributed by atoms with Crippen molar-refractivity contribution >= 4 is 21.8 Å². The molecule has 0 spiro atoms. The predicted molar refractivity (Wildman–Crippen MR) is 274 cm³/mol. The normalized spacial score (nSPS) is 11.7. The number of rotatable bonds is 8. The Morgan fingerprint density at radius 1 is 0.368 bits per heavy atom. The van der Waals surface area contributed by atoms with Gasteiger partial charge in [-0.25, -0.2) is 9.97 Å². The molecule has 11 aromatic rings. The van der Waals surface area contributed by atoms with E-state index < -0.39 is 11.7 Å². The second-order valence-corrected chi connectivity index (χ2v) is 17.5. The summed E-state index contributed by atoms with van der Waals surface area (Å²) in [5.41, 5.74) is 17.3. The Kier molecular flexibility index (Phi) is 10.7. The average Bonchev–Trinajstić information content (AvgIpc) is 3.69. The monoisotopic (exact) mass is 887 g/mol. The van der Waals surface area contributed by atoms with Crippen molar-refractivity contribution in [3.8, 4) is 84.1 Å². The molecule has 0 aliphatic heterocycles. The minimum atomic E-state index is -4.50. The van der Waals surface area contributed by atoms with E-state index in [2.05, 4.69) is 147 Å². The quantitative estimate of drug-likeness (QED) is 0.152. The van der Waals surface area contributed by atoms with Crippen LogP contribution in [0.5, 0.6) is 0 Å². The summed E-state index contributed by atoms with van der Waals surface area (Å²) in [6.45, 7) is 6.33. The van der Waals surface area contributed by atoms with Crippen LogP contribution in [0.3, 0.4) is 0 Å². The number of hydrogen-bond donors (Lipinski definition) is 0. The summed E-state index contributed by atoms with van der Waals surface area (Å²) in [6, 6.07) is 70.4. The summed E-state index contributed by atoms with van der Waals surface area (Å²) in [5, 5.41) is 2.12. The number of aromatic nitrogens is 3. The van der Waals surface area contributed by atoms with Crippen LogP contribution in [0.2, 0.25) is 0 Å². The van der Waals surface area contributed by atoms with Gasteiger partial charge in [-0.2, -0.15) is 13.2 Å². The lowest BCUT2D eigenvalue weighted by Gasteiger charge is -2.22. The minimum Gasteiger partial charge on any atom is -0.308 e. The molecule has 0 fully saturated rings. The maximum Gasteiger partial charge on any atom is 0.416 e. The van der Waals surface area contributed by atoms with Gasteiger partial charge in [0.05, 0.1) is 33.7 Å². The van der Waals surface area contributed by atoms with Gasteiger partial charge >= 0.3 is 6.18 Å². The number of fused-ring (bicyclic) bond motifs is 3. The van der Waals surface area contributed by atoms with Gasteiger partial charge < -0.3 is 4.57 Å². The van der Waals surface area contributed by atoms with E-state index in [1.54, 1.807) is 12.1 Å². The average molecular weight is 888 g/mol. The molecule has 0 amide bonds. The summed E-state index contributed by atoms with van der Waals surface area (Å²) >= 11 is 0. The third-order valence-electron chi connectivity index (χ3n) is 13.0. The van der Waals surface area contributed by atoms with E-state index >= 15 is 0 Å². The maximum atomic E-state index is 14.3. The molecule has 0 saturated heterocycles. The van der Waals surface area contributed by atoms with E-state index in [0.29, 0.717) is 17.1 Å². The fourth-order valence-electron chi connectivity index (χ4n) is 9.50. The highest BCUT2D eigenvalue weighted by atomic mass is 19.4. The van der Waals surface area contributed by atoms with E-state index in [0.717, 1.165) is 94.4 Å². The van der Waals surface area contributed by atoms with Crippen LogP contribution < -0.4 is 0 Å². The van der Waals surface area contributed by atoms with Crippen molar-refractivity contribution in [3.05, 3.63) is 235 Å². The number of aryl methyl sites for hydroxylation is 3. The zero-order valence-electron chi connectivity index (χ0n) is 37.7. The molecule has 0 unspecified atom stereocenters. The zero-order valence-corrected chi connectivity index (χ0v) is 37.7. The molecule has 11 rings (SSSR count). The summed E-state index contributed by atoms with van der Waals surface area (Å²) in [5.74, 6) is 0.565. The maximum absolute atomic E-state index is 14.3. The number of hydrogen-bond acceptors (Lipinski definition) is 2. The van der Waals surface area contributed by atoms with Crippen LogP contribution in [-0.2, 0) is 6.18 Å². The largest absolute Gasteiger partial charge is 0.416 e. The van der Waals surface area contributed by atoms with Gasteiger partial charge in [-0.05, 0) is 120 Å². The Morgan fingerprint density at radius 3 is 1.31 bits per heavy atom. The molecule has 2 aromatic heterocycles. The molecule has 9 aromatic carbocycles. The zero-order chi connectivity index (χ0) is 46.5. The van der Waals surface area contributed by atoms with E-state index in [1.165, 1.54) is 23.3 Å². The molecule has 2 heterocycles. The third-order valence-corrected chi connectivity index (χ3v) is 13.0. The molecule has 6 heteroatoms. The lowest BCUT2D eigenvalue weighted by molar-refractivity contribution is -0.137. The van der Waals surface area contributed by atoms with E-state index in [4.69, 9.17) is 9.97 Å². The summed E-state index contributed by atoms with van der Waals surface area (Å²) in [6.07, 6.45) is -4.50. The Balaban J connectivity index is 1.26. The molecular formula is C62H44F3N3. The molecule has 0 bridgehead atoms. The first-order valence-corrected chi connectivity index (χ1v) is 22.7. The Bertz CT molecular complexity index is 3510. The van der Waals surface area contributed by atoms with Crippen LogP contribution in [0.15, 0.2) is 212 Å². The Labute approximate surface area is 393 Å². The first kappa shape index (κ1) is 42.3. The smallest absolute Gasteiger partial charge is 0.308 e. The molecule has 0 saturated carbocycles. The molecule has 68 heavy (non-hydrogen) atoms. The molecule has 0 atom stereocenters. The van der Waals surface area contributed by atoms with Crippen LogP contribution in [0, 0.1) is 20.8 Å². The van der Waals surface area contributed by atoms with E-state index in [1.807, 2.05) is 66.7 Å². The number of benzene rings is 9. The van der Waals surface area contributed by atoms with Gasteiger partial charge in [0.1, 0.15) is 0 Å². The summed E-state index contributed by atoms with van der Waals surface area (Å²) in [4.78, 5) is 10.3. The number of halogens is 3. The van der Waals surface area contributed by atoms with Crippen LogP contribution in [-0.4, -0.2) is 14.5 Å². The Morgan fingerprint density at radius 2 is 0.809 bits per heavy atom. The second-order valence-electron chi connectivity index (χ2n) is 17.5. The number of nitrogens with zero attached hydrogens (tertiary/aromatic N) is 3. The van der Waals surface area contributed by atoms with Crippen molar-refractivity contribution in [2.45, 2.75) is 26.9 Å². The lowest BCUT2D eigenvalue weighted by atomic mass is 9.91. The van der Waals surface area contributed by atoms with Gasteiger partial charge in [0, 0.05) is 38.6 Å². The minimum absolute atomic E-state index is 0.565. The molecule has 328 valence electrons. The predicted octanol–water partition coefficient (Wildman–Crippen LogP) is 17.2. The molecule has 0 radical (unpaired) electrons. The van der Waals surface area contributed by atoms with Crippen LogP contribution >= 0.6 is 0 Å². The molecule has 0 aliphatic carbocycles. The van der Waals surface area contributed by atoms with Crippen molar-refractivity contribution in [1.29, 1.82) is 0 Å². The first-order valence-electron chi connectivity index (χ1n) is 22.7. The topological polar surface area (TPSA) is 30.7 Å². The lowest BCUT2D eigenvalue weighted by Crippen LogP contribution is -2.05. The summed E-state index contributed by atoms with van der Waals surface area (Å²) < 4.78 is 45.1. The second kappa shape index (κ2) is 17.1. The number of alkyl halides is 3. The van der Waals surface area contributed by atoms with Gasteiger partial charge in [0.25, 0.3) is 0 Å². The van der Waals surface area contributed by atoms with Crippen LogP contribution in [0.4, 0.5) is 13.2 Å². The summed E-state index contributed by atoms with van der Waals surface area (Å²) in [7, 11) is 0. The highest BCUT2D eigenvalue weighted by Gasteiger charge is 2.31. The Hall–Kier alpha value is -8.35. The standard InChI is InChI=1S/C62H44F3N3/c1-39-22-24-42(25-23-39)52-36-48(57-38-56(44-16-6-4-7-17-44)66-61(67-57)45-18-8-5-9-19-45)37-53(43-26-30-49(31-27-43)62(63,64)65)60(52)68-58-32-28-46(50-20-12-10-14-40(50)2)34-54(58)55-35-47(29-33-59(55)68)51-21-13-11-15-41(51)3/h4-38H,1-3H3. The van der Waals surface area contributed by atoms with Crippen molar-refractivity contribution in [3.63, 3.8) is 0 Å². The molecule has 3 nitrogen and oxygen atoms in total. The van der Waals surface area contributed by atoms with Crippen molar-refractivity contribution in [2.75, 3.05) is 0 Å². The van der Waals surface area contributed by atoms with E-state index in [-0.39, 0.29) is 0 Å². The van der Waals surface area contributed by atoms with Crippen molar-refractivity contribution in [1.82, 2.24) is 14.5 Å². The third kappa shape index (κ3) is 7.84. The van der Waals surface area contributed by atoms with Gasteiger partial charge in [-0.1, -0.05) is 163 Å². The molecule has 0 aliphatic rings. The van der Waals surface area contributed by atoms with Gasteiger partial charge in [-0.15, -0.1) is 0 Å². The van der Waals surface area contributed by atoms with Crippen LogP contribution in [0.1, 0.15) is 22.3 Å². The van der Waals surface area contributed by atoms with Crippen LogP contribution in [0.25, 0.3) is 106 Å². The highest BCUT2D eigenvalue weighted by Crippen LogP contribution is 2.46. The fourth-order valence-corrected chi connectivity index (χ4v) is 9.50. The van der Waals surface area contributed by atoms with Gasteiger partial charge in [0.15, 0.2) is 5.82 Å². The SMILES string of the molecule is Cc1ccc(-c2cc(-c3cc(-c4ccccc4)nc(-c4ccccc4)n3)cc(-c3ccc(C(F)(F)F)cc3)c2-n2c3ccc(-c4ccccc4C)cc3c3cc(-c4ccccc4C)ccc32)cc1. The van der Waals surface area contributed by atoms with Crippen molar-refractivity contribution in [2.24, 2.45) is 0 Å². The molecule has 0 N–H and O–H groups in total. The first-order chi connectivity index (χ1) is 33.1. The highest BCUT2D eigenvalue weighted by molar-refractivity contribution is 6.13. The van der Waals surface area contributed by atoms with Gasteiger partial charge in [0.2, 0.25) is 0 Å².